The van der Waals surface area contributed by atoms with E-state index in [2.05, 4.69) is 0 Å². The van der Waals surface area contributed by atoms with Crippen LogP contribution in [0.4, 0.5) is 5.69 Å². The smallest absolute Gasteiger partial charge is 0.264 e. The van der Waals surface area contributed by atoms with Crippen LogP contribution in [0.5, 0.6) is 5.75 Å². The average molecular weight is 379 g/mol. The third kappa shape index (κ3) is 2.61. The Kier molecular flexibility index (Phi) is 4.00. The molecule has 4 rings (SSSR count). The summed E-state index contributed by atoms with van der Waals surface area (Å²) in [5.74, 6) is 0.131. The maximum absolute atomic E-state index is 13.6. The average Bonchev–Trinajstić information content (AvgIpc) is 2.66. The van der Waals surface area contributed by atoms with Gasteiger partial charge in [0.1, 0.15) is 5.75 Å². The van der Waals surface area contributed by atoms with Crippen molar-refractivity contribution in [2.45, 2.75) is 31.7 Å². The lowest BCUT2D eigenvalue weighted by molar-refractivity contribution is 0.466. The van der Waals surface area contributed by atoms with Gasteiger partial charge in [0.25, 0.3) is 10.0 Å². The Morgan fingerprint density at radius 2 is 1.44 bits per heavy atom. The summed E-state index contributed by atoms with van der Waals surface area (Å²) in [6, 6.07) is 18.2. The Morgan fingerprint density at radius 3 is 2.11 bits per heavy atom. The molecule has 3 aromatic rings. The lowest BCUT2D eigenvalue weighted by Gasteiger charge is -2.37. The van der Waals surface area contributed by atoms with Gasteiger partial charge in [-0.05, 0) is 61.2 Å². The van der Waals surface area contributed by atoms with Crippen LogP contribution in [0.15, 0.2) is 65.6 Å². The second kappa shape index (κ2) is 6.13. The summed E-state index contributed by atoms with van der Waals surface area (Å²) in [6.07, 6.45) is 0. The van der Waals surface area contributed by atoms with E-state index in [0.717, 1.165) is 16.7 Å². The molecule has 4 nitrogen and oxygen atoms in total. The molecule has 0 spiro atoms. The van der Waals surface area contributed by atoms with Gasteiger partial charge in [0.15, 0.2) is 0 Å². The van der Waals surface area contributed by atoms with Gasteiger partial charge >= 0.3 is 0 Å². The molecule has 1 heterocycles. The van der Waals surface area contributed by atoms with E-state index in [1.54, 1.807) is 13.8 Å². The minimum Gasteiger partial charge on any atom is -0.507 e. The summed E-state index contributed by atoms with van der Waals surface area (Å²) < 4.78 is 28.8. The number of sulfonamides is 1. The molecular weight excluding hydrogens is 358 g/mol. The molecule has 0 aromatic heterocycles. The number of phenols is 1. The predicted molar refractivity (Wildman–Crippen MR) is 108 cm³/mol. The van der Waals surface area contributed by atoms with Crippen molar-refractivity contribution in [3.05, 3.63) is 77.4 Å². The summed E-state index contributed by atoms with van der Waals surface area (Å²) in [6.45, 7) is 5.33. The van der Waals surface area contributed by atoms with Gasteiger partial charge in [-0.2, -0.15) is 0 Å². The molecule has 1 aliphatic heterocycles. The van der Waals surface area contributed by atoms with Crippen molar-refractivity contribution >= 4 is 15.7 Å². The summed E-state index contributed by atoms with van der Waals surface area (Å²) in [4.78, 5) is 0.191. The Labute approximate surface area is 159 Å². The Hall–Kier alpha value is -2.79. The summed E-state index contributed by atoms with van der Waals surface area (Å²) in [5, 5.41) is 10.0. The number of aromatic hydroxyl groups is 1. The lowest BCUT2D eigenvalue weighted by atomic mass is 9.90. The van der Waals surface area contributed by atoms with E-state index in [1.807, 2.05) is 55.5 Å². The van der Waals surface area contributed by atoms with E-state index < -0.39 is 10.0 Å². The normalized spacial score (nSPS) is 16.0. The van der Waals surface area contributed by atoms with Crippen molar-refractivity contribution in [3.63, 3.8) is 0 Å². The highest BCUT2D eigenvalue weighted by Gasteiger charge is 2.36. The minimum atomic E-state index is -3.81. The highest BCUT2D eigenvalue weighted by atomic mass is 32.2. The number of hydrogen-bond donors (Lipinski definition) is 1. The summed E-state index contributed by atoms with van der Waals surface area (Å²) >= 11 is 0. The van der Waals surface area contributed by atoms with Crippen LogP contribution in [0, 0.1) is 13.8 Å². The molecule has 1 N–H and O–H groups in total. The fraction of sp³-hybridized carbons (Fsp3) is 0.182. The van der Waals surface area contributed by atoms with Gasteiger partial charge in [-0.25, -0.2) is 8.42 Å². The van der Waals surface area contributed by atoms with E-state index in [0.29, 0.717) is 16.8 Å². The minimum absolute atomic E-state index is 0.131. The van der Waals surface area contributed by atoms with Gasteiger partial charge in [0.05, 0.1) is 16.6 Å². The molecule has 0 fully saturated rings. The topological polar surface area (TPSA) is 57.6 Å². The fourth-order valence-corrected chi connectivity index (χ4v) is 5.68. The third-order valence-corrected chi connectivity index (χ3v) is 7.08. The van der Waals surface area contributed by atoms with Crippen molar-refractivity contribution in [1.82, 2.24) is 0 Å². The van der Waals surface area contributed by atoms with E-state index >= 15 is 0 Å². The van der Waals surface area contributed by atoms with Crippen LogP contribution in [0.1, 0.15) is 29.7 Å². The molecule has 0 radical (unpaired) electrons. The second-order valence-electron chi connectivity index (χ2n) is 6.99. The van der Waals surface area contributed by atoms with E-state index in [4.69, 9.17) is 0 Å². The second-order valence-corrected chi connectivity index (χ2v) is 8.80. The number of rotatable bonds is 2. The molecule has 0 amide bonds. The van der Waals surface area contributed by atoms with Gasteiger partial charge in [-0.1, -0.05) is 42.5 Å². The van der Waals surface area contributed by atoms with Gasteiger partial charge < -0.3 is 5.11 Å². The molecule has 1 aliphatic rings. The molecule has 27 heavy (non-hydrogen) atoms. The molecule has 0 saturated heterocycles. The van der Waals surface area contributed by atoms with Crippen molar-refractivity contribution < 1.29 is 13.5 Å². The largest absolute Gasteiger partial charge is 0.507 e. The third-order valence-electron chi connectivity index (χ3n) is 5.22. The van der Waals surface area contributed by atoms with E-state index in [9.17, 15) is 13.5 Å². The maximum atomic E-state index is 13.6. The lowest BCUT2D eigenvalue weighted by Crippen LogP contribution is -2.36. The summed E-state index contributed by atoms with van der Waals surface area (Å²) in [7, 11) is -3.81. The quantitative estimate of drug-likeness (QED) is 0.686. The highest BCUT2D eigenvalue weighted by molar-refractivity contribution is 7.92. The van der Waals surface area contributed by atoms with Crippen LogP contribution in [-0.4, -0.2) is 13.5 Å². The fourth-order valence-electron chi connectivity index (χ4n) is 3.85. The molecule has 138 valence electrons. The first-order valence-corrected chi connectivity index (χ1v) is 10.3. The molecule has 5 heteroatoms. The van der Waals surface area contributed by atoms with Crippen molar-refractivity contribution in [2.75, 3.05) is 4.31 Å². The number of hydrogen-bond acceptors (Lipinski definition) is 3. The van der Waals surface area contributed by atoms with Gasteiger partial charge in [0, 0.05) is 5.56 Å². The number of aryl methyl sites for hydroxylation is 2. The van der Waals surface area contributed by atoms with Gasteiger partial charge in [0.2, 0.25) is 0 Å². The van der Waals surface area contributed by atoms with Crippen molar-refractivity contribution in [1.29, 1.82) is 0 Å². The van der Waals surface area contributed by atoms with E-state index in [1.165, 1.54) is 16.4 Å². The van der Waals surface area contributed by atoms with Gasteiger partial charge in [-0.15, -0.1) is 0 Å². The monoisotopic (exact) mass is 379 g/mol. The zero-order valence-corrected chi connectivity index (χ0v) is 16.3. The van der Waals surface area contributed by atoms with Crippen molar-refractivity contribution in [3.8, 4) is 16.9 Å². The van der Waals surface area contributed by atoms with Crippen LogP contribution >= 0.6 is 0 Å². The van der Waals surface area contributed by atoms with Crippen molar-refractivity contribution in [2.24, 2.45) is 0 Å². The van der Waals surface area contributed by atoms with Crippen LogP contribution in [0.25, 0.3) is 11.1 Å². The van der Waals surface area contributed by atoms with E-state index in [-0.39, 0.29) is 16.7 Å². The maximum Gasteiger partial charge on any atom is 0.264 e. The van der Waals surface area contributed by atoms with Gasteiger partial charge in [-0.3, -0.25) is 4.31 Å². The highest BCUT2D eigenvalue weighted by Crippen LogP contribution is 2.47. The zero-order valence-electron chi connectivity index (χ0n) is 15.5. The predicted octanol–water partition coefficient (Wildman–Crippen LogP) is 4.95. The zero-order chi connectivity index (χ0) is 19.3. The number of nitrogens with zero attached hydrogens (tertiary/aromatic N) is 1. The molecule has 3 aromatic carbocycles. The molecule has 1 unspecified atom stereocenters. The first-order chi connectivity index (χ1) is 12.8. The Bertz CT molecular complexity index is 1130. The number of anilines is 1. The molecule has 0 bridgehead atoms. The molecule has 1 atom stereocenters. The SMILES string of the molecule is Cc1cc(S(=O)(=O)N2c3ccccc3-c3ccccc3C2C)cc(C)c1O. The Morgan fingerprint density at radius 1 is 0.889 bits per heavy atom. The number of para-hydroxylation sites is 1. The first-order valence-electron chi connectivity index (χ1n) is 8.85. The summed E-state index contributed by atoms with van der Waals surface area (Å²) in [5.41, 5.74) is 4.71. The standard InChI is InChI=1S/C22H21NO3S/c1-14-12-17(13-15(2)22(14)24)27(25,26)23-16(3)18-8-4-5-9-19(18)20-10-6-7-11-21(20)23/h4-13,16,24H,1-3H3. The first kappa shape index (κ1) is 17.6. The number of fused-ring (bicyclic) bond motifs is 3. The van der Waals surface area contributed by atoms with Crippen LogP contribution in [0.2, 0.25) is 0 Å². The molecular formula is C22H21NO3S. The van der Waals surface area contributed by atoms with Crippen LogP contribution in [-0.2, 0) is 10.0 Å². The molecule has 0 aliphatic carbocycles. The van der Waals surface area contributed by atoms with Crippen LogP contribution in [0.3, 0.4) is 0 Å². The Balaban J connectivity index is 1.96. The number of phenolic OH excluding ortho intramolecular Hbond substituents is 1. The number of benzene rings is 3. The van der Waals surface area contributed by atoms with Crippen LogP contribution < -0.4 is 4.31 Å². The molecule has 0 saturated carbocycles.